The van der Waals surface area contributed by atoms with Crippen LogP contribution in [0.2, 0.25) is 0 Å². The van der Waals surface area contributed by atoms with E-state index in [1.165, 1.54) is 3.57 Å². The van der Waals surface area contributed by atoms with Crippen molar-refractivity contribution in [3.8, 4) is 0 Å². The molecule has 1 aromatic rings. The normalized spacial score (nSPS) is 15.1. The van der Waals surface area contributed by atoms with E-state index in [1.807, 2.05) is 31.2 Å². The van der Waals surface area contributed by atoms with Crippen molar-refractivity contribution in [1.82, 2.24) is 0 Å². The van der Waals surface area contributed by atoms with E-state index in [-0.39, 0.29) is 6.04 Å². The minimum Gasteiger partial charge on any atom is -0.388 e. The van der Waals surface area contributed by atoms with Crippen LogP contribution in [0.15, 0.2) is 24.3 Å². The first-order valence-electron chi connectivity index (χ1n) is 4.82. The van der Waals surface area contributed by atoms with Gasteiger partial charge in [0.1, 0.15) is 0 Å². The average molecular weight is 305 g/mol. The molecule has 0 fully saturated rings. The van der Waals surface area contributed by atoms with Gasteiger partial charge in [-0.15, -0.1) is 0 Å². The van der Waals surface area contributed by atoms with Crippen LogP contribution < -0.4 is 5.73 Å². The number of hydrogen-bond donors (Lipinski definition) is 2. The number of halogens is 1. The second-order valence-electron chi connectivity index (χ2n) is 3.47. The number of aliphatic hydroxyl groups is 1. The van der Waals surface area contributed by atoms with Crippen LogP contribution in [0.1, 0.15) is 31.4 Å². The Hall–Kier alpha value is -0.130. The minimum absolute atomic E-state index is 0.0873. The quantitative estimate of drug-likeness (QED) is 0.839. The maximum Gasteiger partial charge on any atom is 0.0804 e. The first-order valence-corrected chi connectivity index (χ1v) is 5.90. The summed E-state index contributed by atoms with van der Waals surface area (Å²) in [6.07, 6.45) is 1.11. The van der Waals surface area contributed by atoms with Gasteiger partial charge in [-0.25, -0.2) is 0 Å². The Morgan fingerprint density at radius 3 is 2.43 bits per heavy atom. The molecule has 0 saturated heterocycles. The average Bonchev–Trinajstić information content (AvgIpc) is 2.18. The van der Waals surface area contributed by atoms with Crippen LogP contribution in [0.5, 0.6) is 0 Å². The van der Waals surface area contributed by atoms with Crippen molar-refractivity contribution >= 4 is 22.6 Å². The molecular formula is C11H16INO. The second kappa shape index (κ2) is 5.68. The predicted octanol–water partition coefficient (Wildman–Crippen LogP) is 2.45. The fourth-order valence-corrected chi connectivity index (χ4v) is 1.63. The van der Waals surface area contributed by atoms with Crippen molar-refractivity contribution in [2.24, 2.45) is 5.73 Å². The Morgan fingerprint density at radius 2 is 1.93 bits per heavy atom. The maximum atomic E-state index is 9.83. The molecule has 2 nitrogen and oxygen atoms in total. The van der Waals surface area contributed by atoms with Gasteiger partial charge in [-0.3, -0.25) is 0 Å². The molecule has 0 bridgehead atoms. The zero-order valence-corrected chi connectivity index (χ0v) is 10.4. The lowest BCUT2D eigenvalue weighted by Crippen LogP contribution is -2.21. The monoisotopic (exact) mass is 305 g/mol. The summed E-state index contributed by atoms with van der Waals surface area (Å²) < 4.78 is 1.18. The topological polar surface area (TPSA) is 46.2 Å². The molecule has 0 aromatic heterocycles. The Kier molecular flexibility index (Phi) is 4.84. The highest BCUT2D eigenvalue weighted by Crippen LogP contribution is 2.19. The van der Waals surface area contributed by atoms with Gasteiger partial charge in [0.15, 0.2) is 0 Å². The first-order chi connectivity index (χ1) is 6.63. The Labute approximate surface area is 98.7 Å². The SMILES string of the molecule is CCC(N)CC(O)c1ccc(I)cc1. The molecule has 0 aliphatic heterocycles. The Morgan fingerprint density at radius 1 is 1.36 bits per heavy atom. The third kappa shape index (κ3) is 3.55. The van der Waals surface area contributed by atoms with E-state index >= 15 is 0 Å². The van der Waals surface area contributed by atoms with E-state index in [1.54, 1.807) is 0 Å². The van der Waals surface area contributed by atoms with Crippen molar-refractivity contribution in [2.75, 3.05) is 0 Å². The summed E-state index contributed by atoms with van der Waals surface area (Å²) in [6, 6.07) is 7.99. The molecule has 3 heteroatoms. The van der Waals surface area contributed by atoms with Gasteiger partial charge in [0.2, 0.25) is 0 Å². The van der Waals surface area contributed by atoms with Gasteiger partial charge in [0.25, 0.3) is 0 Å². The lowest BCUT2D eigenvalue weighted by atomic mass is 10.0. The summed E-state index contributed by atoms with van der Waals surface area (Å²) in [4.78, 5) is 0. The van der Waals surface area contributed by atoms with E-state index in [0.717, 1.165) is 12.0 Å². The largest absolute Gasteiger partial charge is 0.388 e. The molecular weight excluding hydrogens is 289 g/mol. The van der Waals surface area contributed by atoms with Gasteiger partial charge in [0.05, 0.1) is 6.10 Å². The van der Waals surface area contributed by atoms with Crippen LogP contribution >= 0.6 is 22.6 Å². The molecule has 78 valence electrons. The van der Waals surface area contributed by atoms with Crippen LogP contribution in [-0.4, -0.2) is 11.1 Å². The minimum atomic E-state index is -0.429. The van der Waals surface area contributed by atoms with Gasteiger partial charge in [-0.05, 0) is 53.1 Å². The number of hydrogen-bond acceptors (Lipinski definition) is 2. The van der Waals surface area contributed by atoms with Gasteiger partial charge in [-0.2, -0.15) is 0 Å². The van der Waals surface area contributed by atoms with Crippen LogP contribution in [0.3, 0.4) is 0 Å². The molecule has 1 rings (SSSR count). The number of benzene rings is 1. The van der Waals surface area contributed by atoms with E-state index in [9.17, 15) is 5.11 Å². The van der Waals surface area contributed by atoms with Crippen molar-refractivity contribution < 1.29 is 5.11 Å². The van der Waals surface area contributed by atoms with Crippen molar-refractivity contribution in [3.05, 3.63) is 33.4 Å². The van der Waals surface area contributed by atoms with E-state index in [2.05, 4.69) is 22.6 Å². The highest BCUT2D eigenvalue weighted by atomic mass is 127. The van der Waals surface area contributed by atoms with Gasteiger partial charge < -0.3 is 10.8 Å². The van der Waals surface area contributed by atoms with E-state index < -0.39 is 6.10 Å². The lowest BCUT2D eigenvalue weighted by molar-refractivity contribution is 0.157. The summed E-state index contributed by atoms with van der Waals surface area (Å²) in [6.45, 7) is 2.03. The molecule has 2 atom stereocenters. The molecule has 0 radical (unpaired) electrons. The molecule has 2 unspecified atom stereocenters. The van der Waals surface area contributed by atoms with Crippen LogP contribution in [0, 0.1) is 3.57 Å². The molecule has 14 heavy (non-hydrogen) atoms. The van der Waals surface area contributed by atoms with Crippen molar-refractivity contribution in [3.63, 3.8) is 0 Å². The van der Waals surface area contributed by atoms with E-state index in [4.69, 9.17) is 5.73 Å². The summed E-state index contributed by atoms with van der Waals surface area (Å²) in [5.74, 6) is 0. The zero-order valence-electron chi connectivity index (χ0n) is 8.28. The third-order valence-electron chi connectivity index (χ3n) is 2.31. The molecule has 1 aromatic carbocycles. The fraction of sp³-hybridized carbons (Fsp3) is 0.455. The summed E-state index contributed by atoms with van der Waals surface area (Å²) in [7, 11) is 0. The van der Waals surface area contributed by atoms with Crippen molar-refractivity contribution in [1.29, 1.82) is 0 Å². The Bertz CT molecular complexity index is 273. The molecule has 0 heterocycles. The molecule has 0 aliphatic rings. The van der Waals surface area contributed by atoms with E-state index in [0.29, 0.717) is 6.42 Å². The third-order valence-corrected chi connectivity index (χ3v) is 3.02. The highest BCUT2D eigenvalue weighted by molar-refractivity contribution is 14.1. The number of nitrogens with two attached hydrogens (primary N) is 1. The smallest absolute Gasteiger partial charge is 0.0804 e. The number of rotatable bonds is 4. The zero-order chi connectivity index (χ0) is 10.6. The second-order valence-corrected chi connectivity index (χ2v) is 4.72. The molecule has 0 spiro atoms. The van der Waals surface area contributed by atoms with Gasteiger partial charge in [-0.1, -0.05) is 19.1 Å². The molecule has 3 N–H and O–H groups in total. The summed E-state index contributed by atoms with van der Waals surface area (Å²) >= 11 is 2.25. The molecule has 0 saturated carbocycles. The van der Waals surface area contributed by atoms with Crippen molar-refractivity contribution in [2.45, 2.75) is 31.9 Å². The van der Waals surface area contributed by atoms with Gasteiger partial charge >= 0.3 is 0 Å². The predicted molar refractivity (Wildman–Crippen MR) is 67.0 cm³/mol. The lowest BCUT2D eigenvalue weighted by Gasteiger charge is -2.15. The highest BCUT2D eigenvalue weighted by Gasteiger charge is 2.10. The maximum absolute atomic E-state index is 9.83. The summed E-state index contributed by atoms with van der Waals surface area (Å²) in [5, 5.41) is 9.83. The first kappa shape index (κ1) is 11.9. The number of aliphatic hydroxyl groups excluding tert-OH is 1. The fourth-order valence-electron chi connectivity index (χ4n) is 1.27. The molecule has 0 amide bonds. The van der Waals surface area contributed by atoms with Crippen LogP contribution in [0.4, 0.5) is 0 Å². The van der Waals surface area contributed by atoms with Crippen LogP contribution in [-0.2, 0) is 0 Å². The van der Waals surface area contributed by atoms with Crippen LogP contribution in [0.25, 0.3) is 0 Å². The van der Waals surface area contributed by atoms with Gasteiger partial charge in [0, 0.05) is 9.61 Å². The Balaban J connectivity index is 2.60. The summed E-state index contributed by atoms with van der Waals surface area (Å²) in [5.41, 5.74) is 6.73. The standard InChI is InChI=1S/C11H16INO/c1-2-10(13)7-11(14)8-3-5-9(12)6-4-8/h3-6,10-11,14H,2,7,13H2,1H3. The molecule has 0 aliphatic carbocycles.